The summed E-state index contributed by atoms with van der Waals surface area (Å²) in [6.07, 6.45) is 0. The largest absolute Gasteiger partial charge is 0.436 e. The molecule has 1 amide bonds. The highest BCUT2D eigenvalue weighted by Gasteiger charge is 2.18. The minimum absolute atomic E-state index is 0.0263. The molecular formula is C12H11ClN6O2. The zero-order valence-electron chi connectivity index (χ0n) is 10.7. The van der Waals surface area contributed by atoms with Gasteiger partial charge in [-0.3, -0.25) is 4.79 Å². The fourth-order valence-corrected chi connectivity index (χ4v) is 1.57. The molecule has 1 aromatic carbocycles. The molecule has 0 unspecified atom stereocenters. The Morgan fingerprint density at radius 1 is 1.19 bits per heavy atom. The summed E-state index contributed by atoms with van der Waals surface area (Å²) in [7, 11) is 0. The quantitative estimate of drug-likeness (QED) is 0.565. The van der Waals surface area contributed by atoms with Gasteiger partial charge in [-0.2, -0.15) is 9.98 Å². The van der Waals surface area contributed by atoms with Crippen molar-refractivity contribution in [3.8, 4) is 11.6 Å². The van der Waals surface area contributed by atoms with Gasteiger partial charge < -0.3 is 21.9 Å². The Morgan fingerprint density at radius 2 is 1.86 bits per heavy atom. The number of carbonyl (C=O) groups is 1. The van der Waals surface area contributed by atoms with Crippen LogP contribution in [-0.4, -0.2) is 21.8 Å². The molecule has 0 aliphatic heterocycles. The monoisotopic (exact) mass is 306 g/mol. The van der Waals surface area contributed by atoms with Gasteiger partial charge in [0.1, 0.15) is 5.75 Å². The predicted octanol–water partition coefficient (Wildman–Crippen LogP) is 0.918. The molecule has 2 rings (SSSR count). The predicted molar refractivity (Wildman–Crippen MR) is 78.1 cm³/mol. The Morgan fingerprint density at radius 3 is 2.48 bits per heavy atom. The second-order valence-electron chi connectivity index (χ2n) is 3.81. The highest BCUT2D eigenvalue weighted by molar-refractivity contribution is 6.31. The number of hydrogen-bond acceptors (Lipinski definition) is 5. The molecule has 108 valence electrons. The summed E-state index contributed by atoms with van der Waals surface area (Å²) < 4.78 is 5.42. The molecule has 0 saturated heterocycles. The number of halogens is 1. The van der Waals surface area contributed by atoms with E-state index >= 15 is 0 Å². The van der Waals surface area contributed by atoms with Crippen LogP contribution < -0.4 is 21.9 Å². The first-order valence-corrected chi connectivity index (χ1v) is 6.05. The van der Waals surface area contributed by atoms with Crippen LogP contribution in [0.3, 0.4) is 0 Å². The second-order valence-corrected chi connectivity index (χ2v) is 4.17. The number of ether oxygens (including phenoxy) is 1. The third kappa shape index (κ3) is 3.57. The maximum Gasteiger partial charge on any atom is 0.302 e. The Hall–Kier alpha value is -2.87. The van der Waals surface area contributed by atoms with Gasteiger partial charge in [0, 0.05) is 0 Å². The average molecular weight is 307 g/mol. The number of nitrogens with zero attached hydrogens (tertiary/aromatic N) is 3. The maximum absolute atomic E-state index is 11.7. The molecule has 2 aromatic rings. The first-order chi connectivity index (χ1) is 9.97. The zero-order valence-corrected chi connectivity index (χ0v) is 11.4. The van der Waals surface area contributed by atoms with Crippen molar-refractivity contribution in [1.82, 2.24) is 9.97 Å². The number of benzene rings is 1. The van der Waals surface area contributed by atoms with E-state index in [-0.39, 0.29) is 22.5 Å². The number of nitrogen functional groups attached to an aromatic ring is 1. The van der Waals surface area contributed by atoms with Gasteiger partial charge in [0.2, 0.25) is 0 Å². The molecule has 0 bridgehead atoms. The van der Waals surface area contributed by atoms with Crippen molar-refractivity contribution in [3.63, 3.8) is 0 Å². The number of guanidine groups is 1. The van der Waals surface area contributed by atoms with Crippen molar-refractivity contribution >= 4 is 29.3 Å². The number of aromatic nitrogens is 2. The van der Waals surface area contributed by atoms with Crippen LogP contribution in [0.15, 0.2) is 35.3 Å². The van der Waals surface area contributed by atoms with Gasteiger partial charge in [0.25, 0.3) is 5.88 Å². The lowest BCUT2D eigenvalue weighted by molar-refractivity contribution is 0.0998. The molecule has 0 aliphatic rings. The maximum atomic E-state index is 11.7. The van der Waals surface area contributed by atoms with Crippen molar-refractivity contribution < 1.29 is 9.53 Å². The van der Waals surface area contributed by atoms with E-state index in [9.17, 15) is 4.79 Å². The van der Waals surface area contributed by atoms with E-state index in [1.807, 2.05) is 6.07 Å². The van der Waals surface area contributed by atoms with Crippen molar-refractivity contribution in [1.29, 1.82) is 0 Å². The number of amides is 1. The fraction of sp³-hybridized carbons (Fsp3) is 0. The van der Waals surface area contributed by atoms with Gasteiger partial charge >= 0.3 is 5.91 Å². The lowest BCUT2D eigenvalue weighted by atomic mass is 10.3. The molecule has 0 aliphatic carbocycles. The van der Waals surface area contributed by atoms with Crippen LogP contribution in [0.2, 0.25) is 5.15 Å². The van der Waals surface area contributed by atoms with E-state index in [2.05, 4.69) is 15.0 Å². The second kappa shape index (κ2) is 6.06. The Kier molecular flexibility index (Phi) is 4.19. The number of aliphatic imine (C=N–C) groups is 1. The van der Waals surface area contributed by atoms with Gasteiger partial charge in [-0.15, -0.1) is 0 Å². The molecule has 1 aromatic heterocycles. The first-order valence-electron chi connectivity index (χ1n) is 5.67. The van der Waals surface area contributed by atoms with Crippen molar-refractivity contribution in [2.45, 2.75) is 0 Å². The zero-order chi connectivity index (χ0) is 15.4. The third-order valence-corrected chi connectivity index (χ3v) is 2.49. The molecule has 0 atom stereocenters. The summed E-state index contributed by atoms with van der Waals surface area (Å²) in [5, 5.41) is -0.137. The van der Waals surface area contributed by atoms with Crippen LogP contribution in [0.1, 0.15) is 10.5 Å². The average Bonchev–Trinajstić information content (AvgIpc) is 2.42. The van der Waals surface area contributed by atoms with E-state index in [0.29, 0.717) is 5.75 Å². The molecule has 0 spiro atoms. The molecular weight excluding hydrogens is 296 g/mol. The van der Waals surface area contributed by atoms with Crippen molar-refractivity contribution in [2.75, 3.05) is 5.73 Å². The highest BCUT2D eigenvalue weighted by atomic mass is 35.5. The standard InChI is InChI=1S/C12H11ClN6O2/c13-8-11(21-6-4-2-1-3-5-6)18-9(14)7(17-8)10(20)19-12(15)16/h1-5H,(H2,14,18)(H4,15,16,19,20). The highest BCUT2D eigenvalue weighted by Crippen LogP contribution is 2.27. The molecule has 8 nitrogen and oxygen atoms in total. The lowest BCUT2D eigenvalue weighted by Crippen LogP contribution is -2.24. The summed E-state index contributed by atoms with van der Waals surface area (Å²) in [4.78, 5) is 22.7. The Bertz CT molecular complexity index is 700. The topological polar surface area (TPSA) is 142 Å². The number of para-hydroxylation sites is 1. The van der Waals surface area contributed by atoms with Crippen LogP contribution in [0, 0.1) is 0 Å². The van der Waals surface area contributed by atoms with E-state index in [1.165, 1.54) is 0 Å². The van der Waals surface area contributed by atoms with Gasteiger partial charge in [0.15, 0.2) is 22.6 Å². The SMILES string of the molecule is NC(N)=NC(=O)c1nc(Cl)c(Oc2ccccc2)nc1N. The van der Waals surface area contributed by atoms with Crippen LogP contribution >= 0.6 is 11.6 Å². The third-order valence-electron chi connectivity index (χ3n) is 2.24. The number of anilines is 1. The van der Waals surface area contributed by atoms with Crippen LogP contribution in [0.4, 0.5) is 5.82 Å². The molecule has 0 saturated carbocycles. The molecule has 6 N–H and O–H groups in total. The molecule has 21 heavy (non-hydrogen) atoms. The van der Waals surface area contributed by atoms with Gasteiger partial charge in [0.05, 0.1) is 0 Å². The lowest BCUT2D eigenvalue weighted by Gasteiger charge is -2.08. The van der Waals surface area contributed by atoms with Crippen LogP contribution in [0.25, 0.3) is 0 Å². The number of rotatable bonds is 3. The van der Waals surface area contributed by atoms with E-state index < -0.39 is 11.9 Å². The minimum atomic E-state index is -0.840. The van der Waals surface area contributed by atoms with Gasteiger partial charge in [-0.25, -0.2) is 4.98 Å². The molecule has 0 fully saturated rings. The van der Waals surface area contributed by atoms with Crippen LogP contribution in [0.5, 0.6) is 11.6 Å². The summed E-state index contributed by atoms with van der Waals surface area (Å²) in [5.41, 5.74) is 15.6. The molecule has 1 heterocycles. The molecule has 0 radical (unpaired) electrons. The summed E-state index contributed by atoms with van der Waals surface area (Å²) in [5.74, 6) is -0.978. The summed E-state index contributed by atoms with van der Waals surface area (Å²) >= 11 is 5.91. The number of carbonyl (C=O) groups excluding carboxylic acids is 1. The fourth-order valence-electron chi connectivity index (χ4n) is 1.40. The van der Waals surface area contributed by atoms with E-state index in [0.717, 1.165) is 0 Å². The van der Waals surface area contributed by atoms with E-state index in [4.69, 9.17) is 33.5 Å². The van der Waals surface area contributed by atoms with Crippen molar-refractivity contribution in [3.05, 3.63) is 41.2 Å². The van der Waals surface area contributed by atoms with E-state index in [1.54, 1.807) is 24.3 Å². The normalized spacial score (nSPS) is 9.95. The number of nitrogens with two attached hydrogens (primary N) is 3. The number of hydrogen-bond donors (Lipinski definition) is 3. The van der Waals surface area contributed by atoms with Crippen LogP contribution in [-0.2, 0) is 0 Å². The van der Waals surface area contributed by atoms with Crippen molar-refractivity contribution in [2.24, 2.45) is 16.5 Å². The smallest absolute Gasteiger partial charge is 0.302 e. The summed E-state index contributed by atoms with van der Waals surface area (Å²) in [6.45, 7) is 0. The first kappa shape index (κ1) is 14.5. The van der Waals surface area contributed by atoms with Gasteiger partial charge in [-0.1, -0.05) is 29.8 Å². The summed E-state index contributed by atoms with van der Waals surface area (Å²) in [6, 6.07) is 8.78. The minimum Gasteiger partial charge on any atom is -0.436 e. The Balaban J connectivity index is 2.33. The molecule has 9 heteroatoms. The van der Waals surface area contributed by atoms with Gasteiger partial charge in [-0.05, 0) is 12.1 Å². The Labute approximate surface area is 124 Å².